The molecular formula is C16H11N4O3P. The van der Waals surface area contributed by atoms with E-state index in [1.54, 1.807) is 61.2 Å². The maximum absolute atomic E-state index is 12.1. The summed E-state index contributed by atoms with van der Waals surface area (Å²) in [5.41, 5.74) is 2.79. The third kappa shape index (κ3) is 3.02. The molecule has 0 bridgehead atoms. The van der Waals surface area contributed by atoms with Crippen molar-refractivity contribution in [2.45, 2.75) is 0 Å². The van der Waals surface area contributed by atoms with Crippen LogP contribution in [0, 0.1) is 0 Å². The molecule has 4 aromatic rings. The quantitative estimate of drug-likeness (QED) is 0.527. The molecule has 0 aliphatic carbocycles. The normalized spacial score (nSPS) is 11.0. The molecule has 0 unspecified atom stereocenters. The van der Waals surface area contributed by atoms with E-state index >= 15 is 0 Å². The Labute approximate surface area is 137 Å². The average Bonchev–Trinajstić information content (AvgIpc) is 2.61. The molecule has 0 saturated heterocycles. The predicted molar refractivity (Wildman–Crippen MR) is 89.3 cm³/mol. The van der Waals surface area contributed by atoms with Crippen LogP contribution in [-0.4, -0.2) is 19.9 Å². The number of hydrogen-bond donors (Lipinski definition) is 0. The van der Waals surface area contributed by atoms with Crippen LogP contribution in [0.15, 0.2) is 61.2 Å². The van der Waals surface area contributed by atoms with Crippen molar-refractivity contribution in [2.24, 2.45) is 0 Å². The Balaban J connectivity index is 1.52. The minimum atomic E-state index is -2.78. The highest BCUT2D eigenvalue weighted by molar-refractivity contribution is 7.34. The first-order valence-corrected chi connectivity index (χ1v) is 8.32. The largest absolute Gasteiger partial charge is 0.418 e. The molecule has 0 fully saturated rings. The van der Waals surface area contributed by atoms with Crippen LogP contribution in [0.2, 0.25) is 0 Å². The summed E-state index contributed by atoms with van der Waals surface area (Å²) in [5.74, 6) is 0.819. The fourth-order valence-corrected chi connectivity index (χ4v) is 2.91. The van der Waals surface area contributed by atoms with Crippen LogP contribution in [0.4, 0.5) is 0 Å². The van der Waals surface area contributed by atoms with Gasteiger partial charge >= 0.3 is 8.25 Å². The van der Waals surface area contributed by atoms with Crippen molar-refractivity contribution in [1.82, 2.24) is 19.9 Å². The molecule has 0 atom stereocenters. The van der Waals surface area contributed by atoms with E-state index in [0.717, 1.165) is 11.0 Å². The molecule has 0 amide bonds. The first-order chi connectivity index (χ1) is 11.8. The highest BCUT2D eigenvalue weighted by Gasteiger charge is 2.07. The topological polar surface area (TPSA) is 87.1 Å². The molecule has 4 rings (SSSR count). The van der Waals surface area contributed by atoms with Crippen molar-refractivity contribution in [2.75, 3.05) is 0 Å². The van der Waals surface area contributed by atoms with E-state index in [-0.39, 0.29) is 0 Å². The molecule has 118 valence electrons. The molecule has 2 heterocycles. The van der Waals surface area contributed by atoms with Crippen LogP contribution in [-0.2, 0) is 4.57 Å². The smallest absolute Gasteiger partial charge is 0.418 e. The van der Waals surface area contributed by atoms with Crippen LogP contribution in [0.5, 0.6) is 11.5 Å². The molecule has 7 nitrogen and oxygen atoms in total. The Kier molecular flexibility index (Phi) is 3.76. The monoisotopic (exact) mass is 338 g/mol. The second kappa shape index (κ2) is 6.22. The van der Waals surface area contributed by atoms with Gasteiger partial charge in [-0.1, -0.05) is 0 Å². The molecule has 0 aliphatic heterocycles. The Bertz CT molecular complexity index is 974. The molecule has 24 heavy (non-hydrogen) atoms. The molecule has 0 N–H and O–H groups in total. The highest BCUT2D eigenvalue weighted by Crippen LogP contribution is 2.32. The van der Waals surface area contributed by atoms with Gasteiger partial charge in [0.05, 0.1) is 22.1 Å². The summed E-state index contributed by atoms with van der Waals surface area (Å²) >= 11 is 0. The van der Waals surface area contributed by atoms with Gasteiger partial charge in [-0.25, -0.2) is 4.57 Å². The van der Waals surface area contributed by atoms with Gasteiger partial charge < -0.3 is 9.05 Å². The summed E-state index contributed by atoms with van der Waals surface area (Å²) < 4.78 is 22.8. The minimum Gasteiger partial charge on any atom is -0.418 e. The number of hydrogen-bond acceptors (Lipinski definition) is 7. The summed E-state index contributed by atoms with van der Waals surface area (Å²) in [5, 5.41) is 0. The molecule has 0 saturated carbocycles. The van der Waals surface area contributed by atoms with Crippen LogP contribution in [0.3, 0.4) is 0 Å². The summed E-state index contributed by atoms with van der Waals surface area (Å²) in [6.45, 7) is 0. The van der Waals surface area contributed by atoms with Crippen molar-refractivity contribution in [1.29, 1.82) is 0 Å². The van der Waals surface area contributed by atoms with Crippen molar-refractivity contribution in [3.8, 4) is 11.5 Å². The van der Waals surface area contributed by atoms with Gasteiger partial charge in [-0.15, -0.1) is 0 Å². The molecule has 2 aromatic carbocycles. The Hall–Kier alpha value is -3.05. The van der Waals surface area contributed by atoms with Crippen molar-refractivity contribution >= 4 is 30.3 Å². The first kappa shape index (κ1) is 14.5. The number of fused-ring (bicyclic) bond motifs is 2. The van der Waals surface area contributed by atoms with E-state index in [2.05, 4.69) is 19.9 Å². The lowest BCUT2D eigenvalue weighted by atomic mass is 10.3. The van der Waals surface area contributed by atoms with Crippen LogP contribution in [0.1, 0.15) is 0 Å². The lowest BCUT2D eigenvalue weighted by Gasteiger charge is -2.08. The number of benzene rings is 2. The van der Waals surface area contributed by atoms with Crippen molar-refractivity contribution in [3.63, 3.8) is 0 Å². The van der Waals surface area contributed by atoms with Crippen molar-refractivity contribution in [3.05, 3.63) is 61.2 Å². The maximum Gasteiger partial charge on any atom is 0.418 e. The van der Waals surface area contributed by atoms with Crippen molar-refractivity contribution < 1.29 is 13.6 Å². The van der Waals surface area contributed by atoms with E-state index in [9.17, 15) is 4.57 Å². The average molecular weight is 338 g/mol. The van der Waals surface area contributed by atoms with Gasteiger partial charge in [0.25, 0.3) is 0 Å². The van der Waals surface area contributed by atoms with Gasteiger partial charge in [0.15, 0.2) is 0 Å². The standard InChI is InChI=1S/C16H11N4O3P/c21-24(22-11-1-3-13-15(9-11)19-7-5-17-13)23-12-2-4-14-16(10-12)20-8-6-18-14/h1-10,24H. The van der Waals surface area contributed by atoms with Gasteiger partial charge in [-0.3, -0.25) is 19.9 Å². The lowest BCUT2D eigenvalue weighted by Crippen LogP contribution is -1.91. The highest BCUT2D eigenvalue weighted by atomic mass is 31.1. The van der Waals surface area contributed by atoms with Crippen LogP contribution < -0.4 is 9.05 Å². The van der Waals surface area contributed by atoms with E-state index in [4.69, 9.17) is 9.05 Å². The van der Waals surface area contributed by atoms with Crippen LogP contribution >= 0.6 is 8.25 Å². The van der Waals surface area contributed by atoms with Gasteiger partial charge in [0.1, 0.15) is 11.5 Å². The first-order valence-electron chi connectivity index (χ1n) is 7.09. The lowest BCUT2D eigenvalue weighted by molar-refractivity contribution is 0.416. The SMILES string of the molecule is O=[PH](Oc1ccc2nccnc2c1)Oc1ccc2nccnc2c1. The van der Waals surface area contributed by atoms with Gasteiger partial charge in [-0.2, -0.15) is 0 Å². The zero-order chi connectivity index (χ0) is 16.4. The second-order valence-corrected chi connectivity index (χ2v) is 5.78. The van der Waals surface area contributed by atoms with E-state index in [0.29, 0.717) is 22.5 Å². The van der Waals surface area contributed by atoms with E-state index < -0.39 is 8.25 Å². The maximum atomic E-state index is 12.1. The third-order valence-corrected chi connectivity index (χ3v) is 4.09. The van der Waals surface area contributed by atoms with E-state index in [1.165, 1.54) is 0 Å². The summed E-state index contributed by atoms with van der Waals surface area (Å²) in [4.78, 5) is 16.7. The van der Waals surface area contributed by atoms with Crippen LogP contribution in [0.25, 0.3) is 22.1 Å². The zero-order valence-electron chi connectivity index (χ0n) is 12.3. The summed E-state index contributed by atoms with van der Waals surface area (Å²) in [6, 6.07) is 10.2. The summed E-state index contributed by atoms with van der Waals surface area (Å²) in [6.07, 6.45) is 6.39. The number of rotatable bonds is 4. The molecule has 0 spiro atoms. The zero-order valence-corrected chi connectivity index (χ0v) is 13.3. The molecule has 0 aliphatic rings. The molecule has 8 heteroatoms. The van der Waals surface area contributed by atoms with Gasteiger partial charge in [0.2, 0.25) is 0 Å². The minimum absolute atomic E-state index is 0.410. The second-order valence-electron chi connectivity index (χ2n) is 4.87. The van der Waals surface area contributed by atoms with Gasteiger partial charge in [0, 0.05) is 36.9 Å². The Morgan fingerprint density at radius 3 is 1.50 bits per heavy atom. The molecule has 2 aromatic heterocycles. The Morgan fingerprint density at radius 1 is 0.625 bits per heavy atom. The Morgan fingerprint density at radius 2 is 1.04 bits per heavy atom. The predicted octanol–water partition coefficient (Wildman–Crippen LogP) is 3.42. The third-order valence-electron chi connectivity index (χ3n) is 3.28. The summed E-state index contributed by atoms with van der Waals surface area (Å²) in [7, 11) is -2.78. The van der Waals surface area contributed by atoms with Gasteiger partial charge in [-0.05, 0) is 24.3 Å². The van der Waals surface area contributed by atoms with E-state index in [1.807, 2.05) is 0 Å². The fourth-order valence-electron chi connectivity index (χ4n) is 2.23. The molecular weight excluding hydrogens is 327 g/mol. The fraction of sp³-hybridized carbons (Fsp3) is 0. The molecule has 0 radical (unpaired) electrons. The number of nitrogens with zero attached hydrogens (tertiary/aromatic N) is 4. The number of aromatic nitrogens is 4.